The third-order valence-electron chi connectivity index (χ3n) is 10.6. The molecule has 6 atom stereocenters. The third kappa shape index (κ3) is 4.12. The summed E-state index contributed by atoms with van der Waals surface area (Å²) in [5.74, 6) is 3.21. The van der Waals surface area contributed by atoms with E-state index in [1.54, 1.807) is 5.57 Å². The summed E-state index contributed by atoms with van der Waals surface area (Å²) in [6.45, 7) is 2.45. The average molecular weight is 685 g/mol. The Bertz CT molecular complexity index is 1070. The molecule has 1 nitrogen and oxygen atoms in total. The van der Waals surface area contributed by atoms with Crippen LogP contribution in [-0.4, -0.2) is 25.1 Å². The number of hydrogen-bond acceptors (Lipinski definition) is 1. The predicted molar refractivity (Wildman–Crippen MR) is 158 cm³/mol. The standard InChI is InChI=1S/C20H29O.2C6H5.HI.Sn/c1-3-20(21)13-11-18-17-9-8-14-6-4-5-7-15(14)16(17)10-12-19(18,20)2;2*1-2-4-6-5-3-1;;/h1,3,6,15-18,21H,4-5,7-13H2,2H3;2*1-5H;1H;/q;;;;+1/p-1/t15-,16+,17+,18-,19-,20?;;;;/m0..../s1. The molecule has 0 radical (unpaired) electrons. The van der Waals surface area contributed by atoms with E-state index >= 15 is 0 Å². The Kier molecular flexibility index (Phi) is 6.79. The van der Waals surface area contributed by atoms with Crippen LogP contribution >= 0.6 is 18.6 Å². The van der Waals surface area contributed by atoms with E-state index in [2.05, 4.69) is 102 Å². The van der Waals surface area contributed by atoms with Crippen LogP contribution in [-0.2, 0) is 0 Å². The van der Waals surface area contributed by atoms with Crippen molar-refractivity contribution in [1.29, 1.82) is 0 Å². The first kappa shape index (κ1) is 24.7. The summed E-state index contributed by atoms with van der Waals surface area (Å²) in [4.78, 5) is 0. The minimum absolute atomic E-state index is 0.0113. The number of fused-ring (bicyclic) bond motifs is 5. The summed E-state index contributed by atoms with van der Waals surface area (Å²) in [6, 6.07) is 22.2. The van der Waals surface area contributed by atoms with Gasteiger partial charge in [-0.25, -0.2) is 0 Å². The summed E-state index contributed by atoms with van der Waals surface area (Å²) in [7, 11) is 0. The van der Waals surface area contributed by atoms with E-state index in [1.165, 1.54) is 58.5 Å². The zero-order chi connectivity index (χ0) is 24.1. The van der Waals surface area contributed by atoms with Crippen molar-refractivity contribution in [2.45, 2.75) is 70.3 Å². The first-order valence-corrected chi connectivity index (χ1v) is 26.7. The van der Waals surface area contributed by atoms with E-state index < -0.39 is 20.0 Å². The zero-order valence-electron chi connectivity index (χ0n) is 21.0. The van der Waals surface area contributed by atoms with Gasteiger partial charge in [-0.2, -0.15) is 0 Å². The summed E-state index contributed by atoms with van der Waals surface area (Å²) in [5.41, 5.74) is 1.13. The van der Waals surface area contributed by atoms with Gasteiger partial charge in [-0.3, -0.25) is 0 Å². The average Bonchev–Trinajstić information content (AvgIpc) is 3.19. The van der Waals surface area contributed by atoms with Crippen molar-refractivity contribution in [2.24, 2.45) is 29.1 Å². The predicted octanol–water partition coefficient (Wildman–Crippen LogP) is 6.97. The molecule has 0 amide bonds. The second-order valence-corrected chi connectivity index (χ2v) is 31.7. The molecule has 0 heterocycles. The molecular formula is C32H39IOSn. The molecule has 1 N–H and O–H groups in total. The third-order valence-corrected chi connectivity index (χ3v) is 29.8. The first-order chi connectivity index (χ1) is 16.9. The molecule has 3 saturated carbocycles. The Labute approximate surface area is 225 Å². The van der Waals surface area contributed by atoms with Crippen molar-refractivity contribution in [2.75, 3.05) is 0 Å². The molecule has 2 aromatic rings. The first-order valence-electron chi connectivity index (χ1n) is 13.9. The van der Waals surface area contributed by atoms with Crippen LogP contribution < -0.4 is 7.16 Å². The molecule has 4 aliphatic rings. The van der Waals surface area contributed by atoms with Crippen molar-refractivity contribution in [3.63, 3.8) is 0 Å². The molecule has 6 rings (SSSR count). The number of aliphatic hydroxyl groups is 1. The number of benzene rings is 2. The number of allylic oxidation sites excluding steroid dienone is 2. The van der Waals surface area contributed by atoms with Gasteiger partial charge in [0.05, 0.1) is 0 Å². The Morgan fingerprint density at radius 3 is 2.26 bits per heavy atom. The van der Waals surface area contributed by atoms with Crippen molar-refractivity contribution in [3.05, 3.63) is 82.5 Å². The van der Waals surface area contributed by atoms with Crippen LogP contribution in [0.15, 0.2) is 82.5 Å². The summed E-state index contributed by atoms with van der Waals surface area (Å²) < 4.78 is 5.48. The summed E-state index contributed by atoms with van der Waals surface area (Å²) in [5, 5.41) is 12.4. The van der Waals surface area contributed by atoms with E-state index in [0.717, 1.165) is 24.2 Å². The molecule has 0 saturated heterocycles. The second kappa shape index (κ2) is 9.62. The van der Waals surface area contributed by atoms with Gasteiger partial charge >= 0.3 is 227 Å². The normalized spacial score (nSPS) is 36.8. The fraction of sp³-hybridized carbons (Fsp3) is 0.500. The fourth-order valence-electron chi connectivity index (χ4n) is 8.60. The van der Waals surface area contributed by atoms with Crippen LogP contribution in [0.1, 0.15) is 64.7 Å². The maximum atomic E-state index is 12.4. The van der Waals surface area contributed by atoms with Crippen LogP contribution in [0.4, 0.5) is 0 Å². The Hall–Kier alpha value is -0.591. The molecule has 1 unspecified atom stereocenters. The van der Waals surface area contributed by atoms with E-state index in [-0.39, 0.29) is 5.41 Å². The van der Waals surface area contributed by atoms with E-state index in [4.69, 9.17) is 0 Å². The monoisotopic (exact) mass is 686 g/mol. The molecule has 35 heavy (non-hydrogen) atoms. The molecular weight excluding hydrogens is 646 g/mol. The Morgan fingerprint density at radius 2 is 1.57 bits per heavy atom. The topological polar surface area (TPSA) is 20.2 Å². The number of halogens is 1. The number of hydrogen-bond donors (Lipinski definition) is 1. The van der Waals surface area contributed by atoms with Crippen LogP contribution in [0.5, 0.6) is 0 Å². The van der Waals surface area contributed by atoms with Crippen LogP contribution in [0.3, 0.4) is 0 Å². The van der Waals surface area contributed by atoms with E-state index in [1.807, 2.05) is 0 Å². The summed E-state index contributed by atoms with van der Waals surface area (Å²) >= 11 is -0.277. The van der Waals surface area contributed by atoms with Crippen molar-refractivity contribution in [3.8, 4) is 0 Å². The van der Waals surface area contributed by atoms with Crippen LogP contribution in [0.2, 0.25) is 0 Å². The van der Waals surface area contributed by atoms with Gasteiger partial charge in [0.25, 0.3) is 0 Å². The van der Waals surface area contributed by atoms with Crippen LogP contribution in [0.25, 0.3) is 0 Å². The molecule has 3 fully saturated rings. The van der Waals surface area contributed by atoms with Crippen molar-refractivity contribution < 1.29 is 5.11 Å². The number of rotatable bonds is 4. The quantitative estimate of drug-likeness (QED) is 0.210. The molecule has 0 spiro atoms. The van der Waals surface area contributed by atoms with E-state index in [0.29, 0.717) is 5.92 Å². The molecule has 0 bridgehead atoms. The Morgan fingerprint density at radius 1 is 0.886 bits per heavy atom. The van der Waals surface area contributed by atoms with Gasteiger partial charge in [-0.05, 0) is 0 Å². The molecule has 0 aromatic heterocycles. The molecule has 0 aliphatic heterocycles. The van der Waals surface area contributed by atoms with Gasteiger partial charge in [0.2, 0.25) is 0 Å². The zero-order valence-corrected chi connectivity index (χ0v) is 26.0. The Balaban J connectivity index is 1.32. The minimum atomic E-state index is -3.09. The van der Waals surface area contributed by atoms with Crippen molar-refractivity contribution in [1.82, 2.24) is 0 Å². The molecule has 3 heteroatoms. The van der Waals surface area contributed by atoms with Gasteiger partial charge in [0.1, 0.15) is 0 Å². The van der Waals surface area contributed by atoms with Gasteiger partial charge in [0.15, 0.2) is 0 Å². The van der Waals surface area contributed by atoms with Gasteiger partial charge < -0.3 is 0 Å². The van der Waals surface area contributed by atoms with Crippen LogP contribution in [0, 0.1) is 29.1 Å². The van der Waals surface area contributed by atoms with Gasteiger partial charge in [-0.1, -0.05) is 0 Å². The van der Waals surface area contributed by atoms with Gasteiger partial charge in [-0.15, -0.1) is 0 Å². The summed E-state index contributed by atoms with van der Waals surface area (Å²) in [6.07, 6.45) is 16.3. The maximum absolute atomic E-state index is 12.4. The van der Waals surface area contributed by atoms with E-state index in [9.17, 15) is 5.11 Å². The SMILES string of the molecule is C[C@]12CC[C@H]3[C@@H](CCC4=CCCC[C@@H]43)[C@@H]1CCC2(O)/C=[CH]\[Sn]([I])([c]1ccccc1)[c]1ccccc1. The molecule has 184 valence electrons. The van der Waals surface area contributed by atoms with Crippen molar-refractivity contribution >= 4 is 40.2 Å². The fourth-order valence-corrected chi connectivity index (χ4v) is 22.0. The molecule has 4 aliphatic carbocycles. The van der Waals surface area contributed by atoms with Gasteiger partial charge in [0, 0.05) is 0 Å². The second-order valence-electron chi connectivity index (χ2n) is 12.0. The molecule has 2 aromatic carbocycles.